The number of hydrogen-bond donors (Lipinski definition) is 1. The van der Waals surface area contributed by atoms with E-state index in [-0.39, 0.29) is 5.91 Å². The maximum Gasteiger partial charge on any atom is 0.252 e. The van der Waals surface area contributed by atoms with Crippen molar-refractivity contribution >= 4 is 16.8 Å². The Morgan fingerprint density at radius 3 is 2.48 bits per heavy atom. The van der Waals surface area contributed by atoms with Gasteiger partial charge in [0.25, 0.3) is 5.91 Å². The van der Waals surface area contributed by atoms with Gasteiger partial charge >= 0.3 is 0 Å². The summed E-state index contributed by atoms with van der Waals surface area (Å²) in [5.41, 5.74) is 5.65. The molecule has 0 fully saturated rings. The monoisotopic (exact) mass is 382 g/mol. The second-order valence-electron chi connectivity index (χ2n) is 7.11. The van der Waals surface area contributed by atoms with Crippen molar-refractivity contribution in [3.8, 4) is 11.3 Å². The summed E-state index contributed by atoms with van der Waals surface area (Å²) in [5.74, 6) is -0.0970. The topological polar surface area (TPSA) is 56.1 Å². The van der Waals surface area contributed by atoms with Gasteiger partial charge in [-0.05, 0) is 29.7 Å². The molecule has 29 heavy (non-hydrogen) atoms. The van der Waals surface area contributed by atoms with Gasteiger partial charge in [-0.25, -0.2) is 9.97 Å². The van der Waals surface area contributed by atoms with Crippen LogP contribution in [0.4, 0.5) is 0 Å². The van der Waals surface area contributed by atoms with Crippen molar-refractivity contribution in [3.05, 3.63) is 95.8 Å². The molecule has 0 bridgehead atoms. The molecule has 0 aliphatic carbocycles. The van der Waals surface area contributed by atoms with Gasteiger partial charge in [0.1, 0.15) is 0 Å². The van der Waals surface area contributed by atoms with Crippen LogP contribution in [0.5, 0.6) is 0 Å². The van der Waals surface area contributed by atoms with Gasteiger partial charge in [-0.15, -0.1) is 0 Å². The van der Waals surface area contributed by atoms with Crippen molar-refractivity contribution < 1.29 is 9.78 Å². The molecule has 2 aromatic carbocycles. The third-order valence-corrected chi connectivity index (χ3v) is 4.99. The lowest BCUT2D eigenvalue weighted by atomic mass is 10.0. The summed E-state index contributed by atoms with van der Waals surface area (Å²) in [7, 11) is 0. The van der Waals surface area contributed by atoms with Crippen molar-refractivity contribution in [2.45, 2.75) is 26.3 Å². The van der Waals surface area contributed by atoms with Crippen molar-refractivity contribution in [2.24, 2.45) is 0 Å². The number of nitrogens with one attached hydrogen (secondary N) is 2. The molecule has 1 amide bonds. The number of amides is 1. The summed E-state index contributed by atoms with van der Waals surface area (Å²) in [4.78, 5) is 20.8. The average molecular weight is 382 g/mol. The van der Waals surface area contributed by atoms with Crippen LogP contribution in [-0.2, 0) is 13.0 Å². The molecule has 0 unspecified atom stereocenters. The molecule has 0 radical (unpaired) electrons. The molecule has 2 heterocycles. The van der Waals surface area contributed by atoms with Crippen molar-refractivity contribution in [2.75, 3.05) is 0 Å². The zero-order chi connectivity index (χ0) is 20.1. The third-order valence-electron chi connectivity index (χ3n) is 4.99. The quantitative estimate of drug-likeness (QED) is 0.530. The van der Waals surface area contributed by atoms with E-state index in [0.717, 1.165) is 40.6 Å². The van der Waals surface area contributed by atoms with Gasteiger partial charge in [0.05, 0.1) is 16.8 Å². The third kappa shape index (κ3) is 4.32. The minimum atomic E-state index is -0.0970. The Hall–Kier alpha value is -3.53. The van der Waals surface area contributed by atoms with E-state index >= 15 is 0 Å². The summed E-state index contributed by atoms with van der Waals surface area (Å²) in [6, 6.07) is 22.0. The van der Waals surface area contributed by atoms with E-state index in [1.54, 1.807) is 0 Å². The molecule has 144 valence electrons. The number of aryl methyl sites for hydroxylation is 1. The van der Waals surface area contributed by atoms with Gasteiger partial charge < -0.3 is 5.32 Å². The largest absolute Gasteiger partial charge is 0.348 e. The first kappa shape index (κ1) is 18.8. The second-order valence-corrected chi connectivity index (χ2v) is 7.11. The van der Waals surface area contributed by atoms with Gasteiger partial charge in [-0.1, -0.05) is 55.8 Å². The first-order chi connectivity index (χ1) is 14.2. The fraction of sp³-hybridized carbons (Fsp3) is 0.160. The number of carbonyl (C=O) groups is 1. The van der Waals surface area contributed by atoms with E-state index in [9.17, 15) is 4.79 Å². The van der Waals surface area contributed by atoms with Crippen LogP contribution in [-0.4, -0.2) is 10.9 Å². The lowest BCUT2D eigenvalue weighted by Crippen LogP contribution is -2.23. The highest BCUT2D eigenvalue weighted by Crippen LogP contribution is 2.25. The van der Waals surface area contributed by atoms with Crippen LogP contribution in [0.3, 0.4) is 0 Å². The smallest absolute Gasteiger partial charge is 0.252 e. The van der Waals surface area contributed by atoms with Crippen LogP contribution in [0.2, 0.25) is 0 Å². The van der Waals surface area contributed by atoms with E-state index in [1.165, 1.54) is 5.56 Å². The van der Waals surface area contributed by atoms with Gasteiger partial charge in [0.2, 0.25) is 0 Å². The molecule has 4 rings (SSSR count). The van der Waals surface area contributed by atoms with Gasteiger partial charge in [-0.3, -0.25) is 4.79 Å². The van der Waals surface area contributed by atoms with Gasteiger partial charge in [-0.2, -0.15) is 0 Å². The van der Waals surface area contributed by atoms with Crippen molar-refractivity contribution in [1.29, 1.82) is 0 Å². The van der Waals surface area contributed by atoms with Crippen LogP contribution in [0.25, 0.3) is 22.2 Å². The highest BCUT2D eigenvalue weighted by Gasteiger charge is 2.14. The SMILES string of the molecule is CCCc1ccc(-c2cc(C(=O)NCc3cc[nH+]cc3)c3ccccc3n2)cc1. The lowest BCUT2D eigenvalue weighted by molar-refractivity contribution is -0.378. The van der Waals surface area contributed by atoms with E-state index in [0.29, 0.717) is 12.1 Å². The molecule has 4 aromatic rings. The molecule has 0 atom stereocenters. The summed E-state index contributed by atoms with van der Waals surface area (Å²) in [6.07, 6.45) is 5.89. The number of aromatic amines is 1. The van der Waals surface area contributed by atoms with E-state index < -0.39 is 0 Å². The number of para-hydroxylation sites is 1. The summed E-state index contributed by atoms with van der Waals surface area (Å²) < 4.78 is 0. The Balaban J connectivity index is 1.68. The maximum absolute atomic E-state index is 13.0. The fourth-order valence-corrected chi connectivity index (χ4v) is 3.46. The minimum Gasteiger partial charge on any atom is -0.348 e. The molecule has 0 aliphatic rings. The Bertz CT molecular complexity index is 1120. The average Bonchev–Trinajstić information content (AvgIpc) is 2.78. The van der Waals surface area contributed by atoms with Crippen molar-refractivity contribution in [3.63, 3.8) is 0 Å². The molecule has 4 nitrogen and oxygen atoms in total. The number of hydrogen-bond acceptors (Lipinski definition) is 2. The predicted molar refractivity (Wildman–Crippen MR) is 115 cm³/mol. The first-order valence-electron chi connectivity index (χ1n) is 9.97. The Morgan fingerprint density at radius 1 is 0.966 bits per heavy atom. The van der Waals surface area contributed by atoms with E-state index in [2.05, 4.69) is 41.5 Å². The molecule has 0 aliphatic heterocycles. The van der Waals surface area contributed by atoms with Crippen LogP contribution in [0.15, 0.2) is 79.1 Å². The van der Waals surface area contributed by atoms with E-state index in [4.69, 9.17) is 4.98 Å². The summed E-state index contributed by atoms with van der Waals surface area (Å²) in [6.45, 7) is 2.66. The predicted octanol–water partition coefficient (Wildman–Crippen LogP) is 4.60. The van der Waals surface area contributed by atoms with Crippen LogP contribution in [0.1, 0.15) is 34.8 Å². The number of fused-ring (bicyclic) bond motifs is 1. The molecule has 0 saturated heterocycles. The normalized spacial score (nSPS) is 10.8. The second kappa shape index (κ2) is 8.65. The lowest BCUT2D eigenvalue weighted by Gasteiger charge is -2.11. The fourth-order valence-electron chi connectivity index (χ4n) is 3.46. The Kier molecular flexibility index (Phi) is 5.61. The van der Waals surface area contributed by atoms with Crippen LogP contribution >= 0.6 is 0 Å². The maximum atomic E-state index is 13.0. The number of nitrogens with zero attached hydrogens (tertiary/aromatic N) is 1. The Labute approximate surface area is 170 Å². The number of carbonyl (C=O) groups excluding carboxylic acids is 1. The molecule has 0 saturated carbocycles. The van der Waals surface area contributed by atoms with Gasteiger partial charge in [0.15, 0.2) is 12.4 Å². The number of rotatable bonds is 6. The number of aromatic nitrogens is 2. The zero-order valence-electron chi connectivity index (χ0n) is 16.5. The molecular formula is C25H24N3O+. The first-order valence-corrected chi connectivity index (χ1v) is 9.97. The summed E-state index contributed by atoms with van der Waals surface area (Å²) in [5, 5.41) is 3.89. The highest BCUT2D eigenvalue weighted by atomic mass is 16.1. The summed E-state index contributed by atoms with van der Waals surface area (Å²) >= 11 is 0. The molecule has 2 aromatic heterocycles. The zero-order valence-corrected chi connectivity index (χ0v) is 16.5. The number of benzene rings is 2. The molecule has 2 N–H and O–H groups in total. The molecule has 4 heteroatoms. The highest BCUT2D eigenvalue weighted by molar-refractivity contribution is 6.07. The number of H-pyrrole nitrogens is 1. The van der Waals surface area contributed by atoms with Crippen molar-refractivity contribution in [1.82, 2.24) is 10.3 Å². The van der Waals surface area contributed by atoms with E-state index in [1.807, 2.05) is 54.9 Å². The molecule has 0 spiro atoms. The Morgan fingerprint density at radius 2 is 1.72 bits per heavy atom. The molecular weight excluding hydrogens is 358 g/mol. The number of pyridine rings is 2. The minimum absolute atomic E-state index is 0.0970. The standard InChI is InChI=1S/C25H23N3O/c1-2-5-18-8-10-20(11-9-18)24-16-22(21-6-3-4-7-23(21)28-24)25(29)27-17-19-12-14-26-15-13-19/h3-4,6-16H,2,5,17H2,1H3,(H,27,29)/p+1. The van der Waals surface area contributed by atoms with Gasteiger partial charge in [0, 0.05) is 29.6 Å². The van der Waals surface area contributed by atoms with Crippen LogP contribution in [0, 0.1) is 0 Å². The van der Waals surface area contributed by atoms with Crippen LogP contribution < -0.4 is 10.3 Å².